The molecule has 0 aromatic heterocycles. The molecule has 0 spiro atoms. The number of hydrogen-bond acceptors (Lipinski definition) is 3. The van der Waals surface area contributed by atoms with Gasteiger partial charge in [0.15, 0.2) is 6.10 Å². The summed E-state index contributed by atoms with van der Waals surface area (Å²) in [5.41, 5.74) is 1.08. The Balaban J connectivity index is 1.60. The minimum atomic E-state index is -0.953. The number of nitrogens with one attached hydrogen (secondary N) is 1. The Morgan fingerprint density at radius 1 is 1.12 bits per heavy atom. The zero-order valence-electron chi connectivity index (χ0n) is 17.1. The Labute approximate surface area is 188 Å². The fraction of sp³-hybridized carbons (Fsp3) is 0.167. The summed E-state index contributed by atoms with van der Waals surface area (Å²) in [6.07, 6.45) is -0.716. The van der Waals surface area contributed by atoms with Gasteiger partial charge in [-0.2, -0.15) is 0 Å². The molecule has 0 aliphatic carbocycles. The van der Waals surface area contributed by atoms with Crippen LogP contribution >= 0.6 is 11.6 Å². The van der Waals surface area contributed by atoms with Crippen molar-refractivity contribution in [2.75, 3.05) is 5.32 Å². The van der Waals surface area contributed by atoms with Crippen LogP contribution in [0.3, 0.4) is 0 Å². The van der Waals surface area contributed by atoms with E-state index in [0.717, 1.165) is 17.7 Å². The van der Waals surface area contributed by atoms with Crippen molar-refractivity contribution in [3.8, 4) is 5.75 Å². The van der Waals surface area contributed by atoms with Crippen LogP contribution in [0.25, 0.3) is 0 Å². The molecular weight excluding hydrogens is 438 g/mol. The van der Waals surface area contributed by atoms with Gasteiger partial charge in [0.05, 0.1) is 0 Å². The Morgan fingerprint density at radius 3 is 2.56 bits per heavy atom. The van der Waals surface area contributed by atoms with Gasteiger partial charge in [-0.25, -0.2) is 8.78 Å². The summed E-state index contributed by atoms with van der Waals surface area (Å²) < 4.78 is 33.7. The fourth-order valence-corrected chi connectivity index (χ4v) is 3.75. The second-order valence-electron chi connectivity index (χ2n) is 7.42. The summed E-state index contributed by atoms with van der Waals surface area (Å²) >= 11 is 6.26. The van der Waals surface area contributed by atoms with E-state index in [4.69, 9.17) is 16.3 Å². The predicted octanol–water partition coefficient (Wildman–Crippen LogP) is 5.18. The summed E-state index contributed by atoms with van der Waals surface area (Å²) in [5.74, 6) is -2.54. The van der Waals surface area contributed by atoms with Crippen LogP contribution in [0.2, 0.25) is 5.02 Å². The van der Waals surface area contributed by atoms with E-state index >= 15 is 0 Å². The molecule has 32 heavy (non-hydrogen) atoms. The van der Waals surface area contributed by atoms with Crippen LogP contribution in [0.4, 0.5) is 14.5 Å². The zero-order chi connectivity index (χ0) is 22.8. The van der Waals surface area contributed by atoms with Gasteiger partial charge in [-0.15, -0.1) is 0 Å². The van der Waals surface area contributed by atoms with Gasteiger partial charge in [-0.05, 0) is 48.9 Å². The third-order valence-corrected chi connectivity index (χ3v) is 5.52. The Hall–Kier alpha value is -3.45. The Morgan fingerprint density at radius 2 is 1.84 bits per heavy atom. The number of ether oxygens (including phenoxy) is 1. The molecule has 1 heterocycles. The molecule has 8 heteroatoms. The van der Waals surface area contributed by atoms with Crippen LogP contribution < -0.4 is 10.1 Å². The van der Waals surface area contributed by atoms with Crippen molar-refractivity contribution in [2.45, 2.75) is 26.1 Å². The predicted molar refractivity (Wildman–Crippen MR) is 117 cm³/mol. The smallest absolute Gasteiger partial charge is 0.263 e. The molecule has 0 saturated heterocycles. The van der Waals surface area contributed by atoms with Crippen LogP contribution in [0.15, 0.2) is 60.7 Å². The van der Waals surface area contributed by atoms with Gasteiger partial charge in [-0.1, -0.05) is 35.9 Å². The normalized spacial score (nSPS) is 15.6. The average Bonchev–Trinajstić information content (AvgIpc) is 2.86. The van der Waals surface area contributed by atoms with E-state index in [1.54, 1.807) is 36.1 Å². The number of anilines is 1. The van der Waals surface area contributed by atoms with E-state index in [2.05, 4.69) is 5.32 Å². The van der Waals surface area contributed by atoms with Gasteiger partial charge in [-0.3, -0.25) is 9.59 Å². The Bertz CT molecular complexity index is 1180. The van der Waals surface area contributed by atoms with Crippen molar-refractivity contribution >= 4 is 29.1 Å². The third kappa shape index (κ3) is 4.43. The van der Waals surface area contributed by atoms with E-state index in [1.165, 1.54) is 6.07 Å². The average molecular weight is 457 g/mol. The lowest BCUT2D eigenvalue weighted by Gasteiger charge is -2.22. The molecule has 0 bridgehead atoms. The first-order valence-corrected chi connectivity index (χ1v) is 10.3. The highest BCUT2D eigenvalue weighted by atomic mass is 35.5. The van der Waals surface area contributed by atoms with Gasteiger partial charge < -0.3 is 15.0 Å². The maximum Gasteiger partial charge on any atom is 0.263 e. The van der Waals surface area contributed by atoms with Crippen molar-refractivity contribution < 1.29 is 23.1 Å². The van der Waals surface area contributed by atoms with Crippen molar-refractivity contribution in [3.05, 3.63) is 94.0 Å². The van der Waals surface area contributed by atoms with Crippen molar-refractivity contribution in [3.63, 3.8) is 0 Å². The molecule has 1 aliphatic rings. The van der Waals surface area contributed by atoms with Gasteiger partial charge in [0.25, 0.3) is 11.8 Å². The number of amides is 2. The molecule has 5 nitrogen and oxygen atoms in total. The summed E-state index contributed by atoms with van der Waals surface area (Å²) in [4.78, 5) is 26.9. The highest BCUT2D eigenvalue weighted by Crippen LogP contribution is 2.30. The molecule has 0 fully saturated rings. The first-order valence-electron chi connectivity index (χ1n) is 9.90. The zero-order valence-corrected chi connectivity index (χ0v) is 17.8. The molecule has 0 radical (unpaired) electrons. The molecule has 1 atom stereocenters. The van der Waals surface area contributed by atoms with E-state index in [1.807, 2.05) is 18.2 Å². The van der Waals surface area contributed by atoms with Gasteiger partial charge in [0.1, 0.15) is 22.9 Å². The Kier molecular flexibility index (Phi) is 6.10. The minimum Gasteiger partial charge on any atom is -0.481 e. The first-order chi connectivity index (χ1) is 15.3. The first kappa shape index (κ1) is 21.8. The van der Waals surface area contributed by atoms with Gasteiger partial charge in [0.2, 0.25) is 0 Å². The molecule has 1 aliphatic heterocycles. The topological polar surface area (TPSA) is 58.6 Å². The highest BCUT2D eigenvalue weighted by Gasteiger charge is 2.28. The number of benzene rings is 3. The van der Waals surface area contributed by atoms with E-state index in [-0.39, 0.29) is 19.0 Å². The standard InChI is InChI=1S/C24H19ClF2N2O3/c1-14-24(31)29(12-15-5-2-3-6-18(15)25)13-16-11-17(9-10-21(16)32-14)28-23(30)22-19(26)7-4-8-20(22)27/h2-11,14H,12-13H2,1H3,(H,28,30)/t14-/m0/s1. The summed E-state index contributed by atoms with van der Waals surface area (Å²) in [6, 6.07) is 15.3. The maximum atomic E-state index is 13.9. The highest BCUT2D eigenvalue weighted by molar-refractivity contribution is 6.31. The summed E-state index contributed by atoms with van der Waals surface area (Å²) in [7, 11) is 0. The minimum absolute atomic E-state index is 0.208. The second kappa shape index (κ2) is 8.96. The maximum absolute atomic E-state index is 13.9. The molecular formula is C24H19ClF2N2O3. The lowest BCUT2D eigenvalue weighted by Crippen LogP contribution is -2.37. The number of halogens is 3. The monoisotopic (exact) mass is 456 g/mol. The van der Waals surface area contributed by atoms with E-state index in [0.29, 0.717) is 22.0 Å². The molecule has 2 amide bonds. The quantitative estimate of drug-likeness (QED) is 0.588. The van der Waals surface area contributed by atoms with Crippen molar-refractivity contribution in [1.82, 2.24) is 4.90 Å². The van der Waals surface area contributed by atoms with Crippen LogP contribution in [-0.2, 0) is 17.9 Å². The summed E-state index contributed by atoms with van der Waals surface area (Å²) in [5, 5.41) is 3.05. The number of hydrogen-bond donors (Lipinski definition) is 1. The van der Waals surface area contributed by atoms with Crippen LogP contribution in [0, 0.1) is 11.6 Å². The number of carbonyl (C=O) groups excluding carboxylic acids is 2. The SMILES string of the molecule is C[C@@H]1Oc2ccc(NC(=O)c3c(F)cccc3F)cc2CN(Cc2ccccc2Cl)C1=O. The van der Waals surface area contributed by atoms with Crippen LogP contribution in [0.1, 0.15) is 28.4 Å². The number of carbonyl (C=O) groups is 2. The molecule has 3 aromatic carbocycles. The number of nitrogens with zero attached hydrogens (tertiary/aromatic N) is 1. The van der Waals surface area contributed by atoms with E-state index in [9.17, 15) is 18.4 Å². The van der Waals surface area contributed by atoms with Crippen LogP contribution in [0.5, 0.6) is 5.75 Å². The fourth-order valence-electron chi connectivity index (χ4n) is 3.55. The van der Waals surface area contributed by atoms with Crippen molar-refractivity contribution in [1.29, 1.82) is 0 Å². The van der Waals surface area contributed by atoms with Crippen molar-refractivity contribution in [2.24, 2.45) is 0 Å². The molecule has 0 unspecified atom stereocenters. The number of rotatable bonds is 4. The van der Waals surface area contributed by atoms with Gasteiger partial charge >= 0.3 is 0 Å². The molecule has 164 valence electrons. The van der Waals surface area contributed by atoms with Gasteiger partial charge in [0, 0.05) is 29.4 Å². The summed E-state index contributed by atoms with van der Waals surface area (Å²) in [6.45, 7) is 2.15. The van der Waals surface area contributed by atoms with E-state index < -0.39 is 29.2 Å². The lowest BCUT2D eigenvalue weighted by atomic mass is 10.1. The molecule has 0 saturated carbocycles. The molecule has 4 rings (SSSR count). The molecule has 3 aromatic rings. The lowest BCUT2D eigenvalue weighted by molar-refractivity contribution is -0.138. The third-order valence-electron chi connectivity index (χ3n) is 5.15. The largest absolute Gasteiger partial charge is 0.481 e. The number of fused-ring (bicyclic) bond motifs is 1. The van der Waals surface area contributed by atoms with Crippen LogP contribution in [-0.4, -0.2) is 22.8 Å². The molecule has 1 N–H and O–H groups in total. The second-order valence-corrected chi connectivity index (χ2v) is 7.83.